The molecule has 3 rings (SSSR count). The first-order valence-electron chi connectivity index (χ1n) is 7.32. The summed E-state index contributed by atoms with van der Waals surface area (Å²) in [7, 11) is 0. The average Bonchev–Trinajstić information content (AvgIpc) is 2.82. The molecule has 2 amide bonds. The van der Waals surface area contributed by atoms with E-state index in [0.717, 1.165) is 17.0 Å². The van der Waals surface area contributed by atoms with Crippen molar-refractivity contribution in [2.45, 2.75) is 12.5 Å². The number of hydrogen-bond donors (Lipinski definition) is 3. The molecule has 1 aliphatic rings. The summed E-state index contributed by atoms with van der Waals surface area (Å²) in [6.45, 7) is 0. The Bertz CT molecular complexity index is 883. The molecule has 25 heavy (non-hydrogen) atoms. The van der Waals surface area contributed by atoms with Crippen molar-refractivity contribution in [2.75, 3.05) is 10.2 Å². The van der Waals surface area contributed by atoms with Gasteiger partial charge in [0.2, 0.25) is 5.91 Å². The number of aromatic hydroxyl groups is 1. The third-order valence-electron chi connectivity index (χ3n) is 3.78. The second kappa shape index (κ2) is 6.23. The zero-order valence-electron chi connectivity index (χ0n) is 12.8. The standard InChI is InChI=1S/C17H13FN2O5/c18-9-2-1-3-10(6-9)19-13-8-15(22)20(16(13)23)11-4-5-14(21)12(7-11)17(24)25/h1-7,13,19,21H,8H2,(H,24,25). The van der Waals surface area contributed by atoms with E-state index >= 15 is 0 Å². The zero-order chi connectivity index (χ0) is 18.1. The van der Waals surface area contributed by atoms with Crippen LogP contribution in [0.25, 0.3) is 0 Å². The van der Waals surface area contributed by atoms with Crippen molar-refractivity contribution < 1.29 is 29.0 Å². The van der Waals surface area contributed by atoms with E-state index in [1.807, 2.05) is 0 Å². The maximum Gasteiger partial charge on any atom is 0.339 e. The highest BCUT2D eigenvalue weighted by molar-refractivity contribution is 6.23. The Balaban J connectivity index is 1.87. The van der Waals surface area contributed by atoms with E-state index in [1.54, 1.807) is 6.07 Å². The van der Waals surface area contributed by atoms with E-state index in [4.69, 9.17) is 5.11 Å². The number of benzene rings is 2. The van der Waals surface area contributed by atoms with Crippen molar-refractivity contribution in [2.24, 2.45) is 0 Å². The van der Waals surface area contributed by atoms with Gasteiger partial charge in [-0.15, -0.1) is 0 Å². The van der Waals surface area contributed by atoms with E-state index in [-0.39, 0.29) is 12.1 Å². The van der Waals surface area contributed by atoms with E-state index in [1.165, 1.54) is 24.3 Å². The molecular formula is C17H13FN2O5. The Morgan fingerprint density at radius 1 is 1.20 bits per heavy atom. The molecule has 1 aliphatic heterocycles. The highest BCUT2D eigenvalue weighted by atomic mass is 19.1. The fourth-order valence-electron chi connectivity index (χ4n) is 2.63. The first-order valence-corrected chi connectivity index (χ1v) is 7.32. The number of imide groups is 1. The molecule has 7 nitrogen and oxygen atoms in total. The fourth-order valence-corrected chi connectivity index (χ4v) is 2.63. The molecule has 2 aromatic carbocycles. The molecule has 1 unspecified atom stereocenters. The van der Waals surface area contributed by atoms with Crippen LogP contribution in [-0.2, 0) is 9.59 Å². The van der Waals surface area contributed by atoms with Gasteiger partial charge in [-0.2, -0.15) is 0 Å². The van der Waals surface area contributed by atoms with E-state index in [9.17, 15) is 23.9 Å². The van der Waals surface area contributed by atoms with Crippen LogP contribution in [0.2, 0.25) is 0 Å². The van der Waals surface area contributed by atoms with Gasteiger partial charge >= 0.3 is 5.97 Å². The number of amides is 2. The van der Waals surface area contributed by atoms with Crippen LogP contribution in [0.5, 0.6) is 5.75 Å². The quantitative estimate of drug-likeness (QED) is 0.732. The smallest absolute Gasteiger partial charge is 0.339 e. The van der Waals surface area contributed by atoms with Crippen molar-refractivity contribution in [3.8, 4) is 5.75 Å². The maximum absolute atomic E-state index is 13.2. The number of anilines is 2. The molecular weight excluding hydrogens is 331 g/mol. The van der Waals surface area contributed by atoms with Gasteiger partial charge in [0.15, 0.2) is 0 Å². The van der Waals surface area contributed by atoms with Crippen LogP contribution in [0.15, 0.2) is 42.5 Å². The van der Waals surface area contributed by atoms with Gasteiger partial charge < -0.3 is 15.5 Å². The Kier molecular flexibility index (Phi) is 4.10. The number of nitrogens with zero attached hydrogens (tertiary/aromatic N) is 1. The summed E-state index contributed by atoms with van der Waals surface area (Å²) in [6, 6.07) is 8.03. The van der Waals surface area contributed by atoms with Crippen molar-refractivity contribution in [3.05, 3.63) is 53.8 Å². The SMILES string of the molecule is O=C(O)c1cc(N2C(=O)CC(Nc3cccc(F)c3)C2=O)ccc1O. The number of carboxylic acid groups (broad SMARTS) is 1. The Labute approximate surface area is 141 Å². The van der Waals surface area contributed by atoms with E-state index in [0.29, 0.717) is 5.69 Å². The minimum atomic E-state index is -1.38. The number of carbonyl (C=O) groups excluding carboxylic acids is 2. The molecule has 0 saturated carbocycles. The zero-order valence-corrected chi connectivity index (χ0v) is 12.8. The van der Waals surface area contributed by atoms with Crippen LogP contribution in [0, 0.1) is 5.82 Å². The first kappa shape index (κ1) is 16.4. The molecule has 128 valence electrons. The van der Waals surface area contributed by atoms with Crippen LogP contribution in [0.3, 0.4) is 0 Å². The van der Waals surface area contributed by atoms with Gasteiger partial charge in [-0.3, -0.25) is 9.59 Å². The Morgan fingerprint density at radius 2 is 1.96 bits per heavy atom. The maximum atomic E-state index is 13.2. The van der Waals surface area contributed by atoms with Gasteiger partial charge in [0.1, 0.15) is 23.2 Å². The van der Waals surface area contributed by atoms with Crippen LogP contribution in [0.4, 0.5) is 15.8 Å². The highest BCUT2D eigenvalue weighted by Gasteiger charge is 2.40. The monoisotopic (exact) mass is 344 g/mol. The van der Waals surface area contributed by atoms with E-state index in [2.05, 4.69) is 5.32 Å². The number of carboxylic acids is 1. The summed E-state index contributed by atoms with van der Waals surface area (Å²) in [5, 5.41) is 21.4. The van der Waals surface area contributed by atoms with E-state index < -0.39 is 41.0 Å². The van der Waals surface area contributed by atoms with Gasteiger partial charge in [0.25, 0.3) is 5.91 Å². The predicted octanol–water partition coefficient (Wildman–Crippen LogP) is 1.97. The number of aromatic carboxylic acids is 1. The normalized spacial score (nSPS) is 17.0. The molecule has 1 fully saturated rings. The second-order valence-electron chi connectivity index (χ2n) is 5.49. The number of carbonyl (C=O) groups is 3. The molecule has 0 spiro atoms. The fraction of sp³-hybridized carbons (Fsp3) is 0.118. The molecule has 1 heterocycles. The topological polar surface area (TPSA) is 107 Å². The molecule has 0 bridgehead atoms. The van der Waals surface area contributed by atoms with Crippen molar-refractivity contribution in [1.29, 1.82) is 0 Å². The number of rotatable bonds is 4. The minimum Gasteiger partial charge on any atom is -0.507 e. The van der Waals surface area contributed by atoms with Crippen LogP contribution >= 0.6 is 0 Å². The summed E-state index contributed by atoms with van der Waals surface area (Å²) in [5.74, 6) is -3.45. The Hall–Kier alpha value is -3.42. The molecule has 0 aromatic heterocycles. The molecule has 2 aromatic rings. The summed E-state index contributed by atoms with van der Waals surface area (Å²) >= 11 is 0. The first-order chi connectivity index (χ1) is 11.9. The van der Waals surface area contributed by atoms with Crippen LogP contribution in [0.1, 0.15) is 16.8 Å². The number of nitrogens with one attached hydrogen (secondary N) is 1. The van der Waals surface area contributed by atoms with Gasteiger partial charge in [0, 0.05) is 5.69 Å². The lowest BCUT2D eigenvalue weighted by Crippen LogP contribution is -2.34. The Morgan fingerprint density at radius 3 is 2.64 bits per heavy atom. The second-order valence-corrected chi connectivity index (χ2v) is 5.49. The molecule has 0 aliphatic carbocycles. The largest absolute Gasteiger partial charge is 0.507 e. The van der Waals surface area contributed by atoms with Crippen LogP contribution < -0.4 is 10.2 Å². The summed E-state index contributed by atoms with van der Waals surface area (Å²) in [5.41, 5.74) is -0.0155. The van der Waals surface area contributed by atoms with Crippen LogP contribution in [-0.4, -0.2) is 34.0 Å². The van der Waals surface area contributed by atoms with Crippen molar-refractivity contribution in [1.82, 2.24) is 0 Å². The lowest BCUT2D eigenvalue weighted by molar-refractivity contribution is -0.121. The third-order valence-corrected chi connectivity index (χ3v) is 3.78. The summed E-state index contributed by atoms with van der Waals surface area (Å²) in [4.78, 5) is 36.7. The number of hydrogen-bond acceptors (Lipinski definition) is 5. The molecule has 1 saturated heterocycles. The minimum absolute atomic E-state index is 0.0498. The molecule has 0 radical (unpaired) electrons. The average molecular weight is 344 g/mol. The molecule has 8 heteroatoms. The lowest BCUT2D eigenvalue weighted by Gasteiger charge is -2.17. The van der Waals surface area contributed by atoms with Gasteiger partial charge in [-0.05, 0) is 36.4 Å². The predicted molar refractivity (Wildman–Crippen MR) is 86.0 cm³/mol. The molecule has 3 N–H and O–H groups in total. The van der Waals surface area contributed by atoms with Gasteiger partial charge in [-0.25, -0.2) is 14.1 Å². The lowest BCUT2D eigenvalue weighted by atomic mass is 10.1. The highest BCUT2D eigenvalue weighted by Crippen LogP contribution is 2.29. The molecule has 1 atom stereocenters. The summed E-state index contributed by atoms with van der Waals surface area (Å²) < 4.78 is 13.2. The van der Waals surface area contributed by atoms with Gasteiger partial charge in [0.05, 0.1) is 12.1 Å². The number of halogens is 1. The van der Waals surface area contributed by atoms with Crippen molar-refractivity contribution in [3.63, 3.8) is 0 Å². The van der Waals surface area contributed by atoms with Crippen molar-refractivity contribution >= 4 is 29.2 Å². The number of phenols is 1. The van der Waals surface area contributed by atoms with Gasteiger partial charge in [-0.1, -0.05) is 6.07 Å². The summed E-state index contributed by atoms with van der Waals surface area (Å²) in [6.07, 6.45) is -0.154. The third kappa shape index (κ3) is 3.14.